The van der Waals surface area contributed by atoms with E-state index in [1.165, 1.54) is 19.2 Å². The van der Waals surface area contributed by atoms with Gasteiger partial charge in [-0.1, -0.05) is 42.1 Å². The van der Waals surface area contributed by atoms with Crippen molar-refractivity contribution in [1.29, 1.82) is 0 Å². The van der Waals surface area contributed by atoms with Crippen molar-refractivity contribution in [2.75, 3.05) is 29.5 Å². The Balaban J connectivity index is 1.48. The molecule has 0 unspecified atom stereocenters. The molecule has 1 amide bonds. The van der Waals surface area contributed by atoms with Crippen LogP contribution in [0.3, 0.4) is 0 Å². The zero-order chi connectivity index (χ0) is 23.4. The molecule has 0 spiro atoms. The van der Waals surface area contributed by atoms with Crippen LogP contribution in [0.25, 0.3) is 11.1 Å². The van der Waals surface area contributed by atoms with Gasteiger partial charge in [0.05, 0.1) is 23.4 Å². The van der Waals surface area contributed by atoms with Crippen LogP contribution in [0.4, 0.5) is 11.4 Å². The molecule has 10 heteroatoms. The second kappa shape index (κ2) is 9.55. The number of sulfonamides is 1. The minimum absolute atomic E-state index is 0.0330. The van der Waals surface area contributed by atoms with Crippen LogP contribution in [0.15, 0.2) is 87.3 Å². The largest absolute Gasteiger partial charge is 0.495 e. The molecule has 0 aliphatic heterocycles. The van der Waals surface area contributed by atoms with E-state index in [1.807, 2.05) is 30.3 Å². The molecule has 1 heterocycles. The van der Waals surface area contributed by atoms with E-state index in [0.29, 0.717) is 22.5 Å². The number of anilines is 2. The van der Waals surface area contributed by atoms with E-state index in [2.05, 4.69) is 9.71 Å². The lowest BCUT2D eigenvalue weighted by Gasteiger charge is -2.16. The van der Waals surface area contributed by atoms with Gasteiger partial charge in [0.2, 0.25) is 5.91 Å². The third-order valence-electron chi connectivity index (χ3n) is 4.84. The minimum atomic E-state index is -3.87. The lowest BCUT2D eigenvalue weighted by molar-refractivity contribution is -0.115. The summed E-state index contributed by atoms with van der Waals surface area (Å²) in [5.74, 6) is 0.420. The Morgan fingerprint density at radius 1 is 1.09 bits per heavy atom. The summed E-state index contributed by atoms with van der Waals surface area (Å²) in [6, 6.07) is 20.5. The Bertz CT molecular complexity index is 1390. The van der Waals surface area contributed by atoms with Crippen molar-refractivity contribution in [3.05, 3.63) is 72.8 Å². The van der Waals surface area contributed by atoms with Gasteiger partial charge in [-0.3, -0.25) is 9.52 Å². The number of oxazole rings is 1. The molecule has 0 saturated heterocycles. The van der Waals surface area contributed by atoms with Gasteiger partial charge in [-0.15, -0.1) is 0 Å². The van der Waals surface area contributed by atoms with Gasteiger partial charge in [0, 0.05) is 12.7 Å². The zero-order valence-electron chi connectivity index (χ0n) is 17.9. The molecule has 0 aliphatic carbocycles. The molecule has 0 atom stereocenters. The number of thioether (sulfide) groups is 1. The summed E-state index contributed by atoms with van der Waals surface area (Å²) in [7, 11) is -0.702. The fourth-order valence-corrected chi connectivity index (χ4v) is 4.91. The molecule has 4 aromatic rings. The molecule has 0 saturated carbocycles. The van der Waals surface area contributed by atoms with Gasteiger partial charge in [0.1, 0.15) is 11.3 Å². The summed E-state index contributed by atoms with van der Waals surface area (Å²) < 4.78 is 39.1. The second-order valence-corrected chi connectivity index (χ2v) is 9.60. The summed E-state index contributed by atoms with van der Waals surface area (Å²) in [5.41, 5.74) is 1.93. The molecule has 33 heavy (non-hydrogen) atoms. The summed E-state index contributed by atoms with van der Waals surface area (Å²) in [6.07, 6.45) is 0. The maximum absolute atomic E-state index is 12.9. The average Bonchev–Trinajstić information content (AvgIpc) is 3.25. The van der Waals surface area contributed by atoms with E-state index in [9.17, 15) is 13.2 Å². The van der Waals surface area contributed by atoms with Gasteiger partial charge < -0.3 is 14.1 Å². The van der Waals surface area contributed by atoms with Crippen LogP contribution in [0.2, 0.25) is 0 Å². The number of carbonyl (C=O) groups excluding carboxylic acids is 1. The van der Waals surface area contributed by atoms with Crippen LogP contribution in [0, 0.1) is 0 Å². The molecule has 8 nitrogen and oxygen atoms in total. The SMILES string of the molecule is COc1ccccc1NS(=O)(=O)c1ccc2oc(SCC(=O)N(C)c3ccccc3)nc2c1. The predicted molar refractivity (Wildman–Crippen MR) is 128 cm³/mol. The predicted octanol–water partition coefficient (Wildman–Crippen LogP) is 4.39. The number of methoxy groups -OCH3 is 1. The van der Waals surface area contributed by atoms with E-state index in [4.69, 9.17) is 9.15 Å². The second-order valence-electron chi connectivity index (χ2n) is 6.99. The molecule has 0 aliphatic rings. The Hall–Kier alpha value is -3.50. The number of benzene rings is 3. The number of hydrogen-bond acceptors (Lipinski definition) is 7. The van der Waals surface area contributed by atoms with E-state index < -0.39 is 10.0 Å². The van der Waals surface area contributed by atoms with Crippen molar-refractivity contribution in [3.63, 3.8) is 0 Å². The van der Waals surface area contributed by atoms with Crippen LogP contribution < -0.4 is 14.4 Å². The molecule has 0 bridgehead atoms. The number of fused-ring (bicyclic) bond motifs is 1. The molecule has 1 aromatic heterocycles. The number of amides is 1. The highest BCUT2D eigenvalue weighted by atomic mass is 32.2. The smallest absolute Gasteiger partial charge is 0.262 e. The van der Waals surface area contributed by atoms with Crippen molar-refractivity contribution < 1.29 is 22.4 Å². The van der Waals surface area contributed by atoms with Crippen LogP contribution in [0.1, 0.15) is 0 Å². The van der Waals surface area contributed by atoms with Crippen molar-refractivity contribution in [2.24, 2.45) is 0 Å². The Morgan fingerprint density at radius 2 is 1.82 bits per heavy atom. The number of rotatable bonds is 8. The van der Waals surface area contributed by atoms with Crippen molar-refractivity contribution in [2.45, 2.75) is 10.1 Å². The molecular formula is C23H21N3O5S2. The first kappa shape index (κ1) is 22.7. The van der Waals surface area contributed by atoms with Gasteiger partial charge >= 0.3 is 0 Å². The highest BCUT2D eigenvalue weighted by Crippen LogP contribution is 2.29. The Kier molecular flexibility index (Phi) is 6.57. The number of aromatic nitrogens is 1. The van der Waals surface area contributed by atoms with Crippen molar-refractivity contribution >= 4 is 50.2 Å². The first-order valence-electron chi connectivity index (χ1n) is 9.88. The van der Waals surface area contributed by atoms with Crippen molar-refractivity contribution in [3.8, 4) is 5.75 Å². The normalized spacial score (nSPS) is 11.3. The maximum Gasteiger partial charge on any atom is 0.262 e. The van der Waals surface area contributed by atoms with Crippen LogP contribution >= 0.6 is 11.8 Å². The molecular weight excluding hydrogens is 462 g/mol. The van der Waals surface area contributed by atoms with Crippen molar-refractivity contribution in [1.82, 2.24) is 4.98 Å². The Labute approximate surface area is 195 Å². The number of nitrogens with one attached hydrogen (secondary N) is 1. The monoisotopic (exact) mass is 483 g/mol. The topological polar surface area (TPSA) is 102 Å². The lowest BCUT2D eigenvalue weighted by Crippen LogP contribution is -2.27. The average molecular weight is 484 g/mol. The van der Waals surface area contributed by atoms with Gasteiger partial charge in [0.15, 0.2) is 5.58 Å². The zero-order valence-corrected chi connectivity index (χ0v) is 19.5. The maximum atomic E-state index is 12.9. The molecule has 0 radical (unpaired) electrons. The van der Waals surface area contributed by atoms with Gasteiger partial charge in [-0.2, -0.15) is 0 Å². The fraction of sp³-hybridized carbons (Fsp3) is 0.130. The number of para-hydroxylation sites is 3. The van der Waals surface area contributed by atoms with Crippen LogP contribution in [0.5, 0.6) is 5.75 Å². The number of ether oxygens (including phenoxy) is 1. The first-order valence-corrected chi connectivity index (χ1v) is 12.3. The van der Waals surface area contributed by atoms with E-state index in [0.717, 1.165) is 17.4 Å². The third kappa shape index (κ3) is 5.12. The summed E-state index contributed by atoms with van der Waals surface area (Å²) in [5, 5.41) is 0.284. The van der Waals surface area contributed by atoms with E-state index in [-0.39, 0.29) is 21.8 Å². The van der Waals surface area contributed by atoms with Gasteiger partial charge in [-0.25, -0.2) is 13.4 Å². The summed E-state index contributed by atoms with van der Waals surface area (Å²) in [4.78, 5) is 18.4. The fourth-order valence-electron chi connectivity index (χ4n) is 3.06. The molecule has 170 valence electrons. The number of nitrogens with zero attached hydrogens (tertiary/aromatic N) is 2. The van der Waals surface area contributed by atoms with Crippen LogP contribution in [-0.2, 0) is 14.8 Å². The van der Waals surface area contributed by atoms with E-state index >= 15 is 0 Å². The number of hydrogen-bond donors (Lipinski definition) is 1. The Morgan fingerprint density at radius 3 is 2.58 bits per heavy atom. The highest BCUT2D eigenvalue weighted by molar-refractivity contribution is 7.99. The summed E-state index contributed by atoms with van der Waals surface area (Å²) >= 11 is 1.15. The standard InChI is InChI=1S/C23H21N3O5S2/c1-26(16-8-4-3-5-9-16)22(27)15-32-23-24-19-14-17(12-13-21(19)31-23)33(28,29)25-18-10-6-7-11-20(18)30-2/h3-14,25H,15H2,1-2H3. The molecule has 1 N–H and O–H groups in total. The van der Waals surface area contributed by atoms with Gasteiger partial charge in [-0.05, 0) is 42.5 Å². The first-order chi connectivity index (χ1) is 15.9. The number of carbonyl (C=O) groups is 1. The van der Waals surface area contributed by atoms with E-state index in [1.54, 1.807) is 42.3 Å². The van der Waals surface area contributed by atoms with Gasteiger partial charge in [0.25, 0.3) is 15.2 Å². The highest BCUT2D eigenvalue weighted by Gasteiger charge is 2.19. The third-order valence-corrected chi connectivity index (χ3v) is 7.01. The molecule has 0 fully saturated rings. The quantitative estimate of drug-likeness (QED) is 0.371. The van der Waals surface area contributed by atoms with Crippen LogP contribution in [-0.4, -0.2) is 39.2 Å². The lowest BCUT2D eigenvalue weighted by atomic mass is 10.3. The molecule has 3 aromatic carbocycles. The minimum Gasteiger partial charge on any atom is -0.495 e. The summed E-state index contributed by atoms with van der Waals surface area (Å²) in [6.45, 7) is 0. The molecule has 4 rings (SSSR count).